The normalized spacial score (nSPS) is 33.2. The lowest BCUT2D eigenvalue weighted by molar-refractivity contribution is 0.361. The molecule has 2 atom stereocenters. The number of hydrogen-bond donors (Lipinski definition) is 0. The Balaban J connectivity index is 0.000000404. The summed E-state index contributed by atoms with van der Waals surface area (Å²) in [4.78, 5) is 6.80. The van der Waals surface area contributed by atoms with Gasteiger partial charge in [-0.3, -0.25) is 0 Å². The van der Waals surface area contributed by atoms with Gasteiger partial charge < -0.3 is 9.32 Å². The van der Waals surface area contributed by atoms with Crippen LogP contribution in [0.1, 0.15) is 31.4 Å². The molecule has 0 aromatic carbocycles. The number of oxazole rings is 1. The van der Waals surface area contributed by atoms with Crippen LogP contribution in [-0.2, 0) is 0 Å². The zero-order chi connectivity index (χ0) is 11.0. The number of piperidine rings is 1. The molecule has 1 aromatic heterocycles. The Bertz CT molecular complexity index is 322. The van der Waals surface area contributed by atoms with Gasteiger partial charge in [0.05, 0.1) is 5.69 Å². The molecule has 1 aliphatic heterocycles. The number of fused-ring (bicyclic) bond motifs is 1. The minimum absolute atomic E-state index is 0.702. The van der Waals surface area contributed by atoms with Crippen LogP contribution >= 0.6 is 0 Å². The zero-order valence-electron chi connectivity index (χ0n) is 10.0. The van der Waals surface area contributed by atoms with E-state index in [-0.39, 0.29) is 0 Å². The molecule has 84 valence electrons. The largest absolute Gasteiger partial charge is 0.449 e. The lowest BCUT2D eigenvalue weighted by Crippen LogP contribution is -2.18. The Labute approximate surface area is 91.5 Å². The summed E-state index contributed by atoms with van der Waals surface area (Å²) >= 11 is 0. The third-order valence-corrected chi connectivity index (χ3v) is 3.35. The van der Waals surface area contributed by atoms with Crippen molar-refractivity contribution in [1.29, 1.82) is 0 Å². The number of hydrogen-bond acceptors (Lipinski definition) is 3. The molecule has 2 fully saturated rings. The van der Waals surface area contributed by atoms with Gasteiger partial charge in [-0.05, 0) is 18.9 Å². The first-order valence-corrected chi connectivity index (χ1v) is 5.86. The van der Waals surface area contributed by atoms with E-state index >= 15 is 0 Å². The maximum absolute atomic E-state index is 5.23. The quantitative estimate of drug-likeness (QED) is 0.709. The Morgan fingerprint density at radius 3 is 2.40 bits per heavy atom. The predicted octanol–water partition coefficient (Wildman–Crippen LogP) is 2.28. The van der Waals surface area contributed by atoms with Gasteiger partial charge in [-0.2, -0.15) is 0 Å². The van der Waals surface area contributed by atoms with Crippen LogP contribution in [0.3, 0.4) is 0 Å². The predicted molar refractivity (Wildman–Crippen MR) is 59.8 cm³/mol. The molecule has 1 saturated heterocycles. The van der Waals surface area contributed by atoms with Gasteiger partial charge in [-0.15, -0.1) is 0 Å². The van der Waals surface area contributed by atoms with E-state index in [1.807, 2.05) is 27.0 Å². The highest BCUT2D eigenvalue weighted by Crippen LogP contribution is 2.57. The SMILES string of the molecule is CC.Cc1nc(C2C3CN(C)CC32)co1. The lowest BCUT2D eigenvalue weighted by Gasteiger charge is -2.10. The molecule has 3 nitrogen and oxygen atoms in total. The molecule has 0 spiro atoms. The van der Waals surface area contributed by atoms with Crippen LogP contribution in [0, 0.1) is 18.8 Å². The van der Waals surface area contributed by atoms with Crippen molar-refractivity contribution in [2.45, 2.75) is 26.7 Å². The van der Waals surface area contributed by atoms with Gasteiger partial charge in [-0.1, -0.05) is 13.8 Å². The number of aromatic nitrogens is 1. The molecule has 0 radical (unpaired) electrons. The smallest absolute Gasteiger partial charge is 0.191 e. The summed E-state index contributed by atoms with van der Waals surface area (Å²) in [6.45, 7) is 8.39. The second kappa shape index (κ2) is 3.97. The van der Waals surface area contributed by atoms with Gasteiger partial charge in [0.25, 0.3) is 0 Å². The van der Waals surface area contributed by atoms with Gasteiger partial charge in [0.2, 0.25) is 0 Å². The summed E-state index contributed by atoms with van der Waals surface area (Å²) in [5.41, 5.74) is 1.18. The van der Waals surface area contributed by atoms with E-state index in [1.165, 1.54) is 18.8 Å². The standard InChI is InChI=1S/C10H14N2O.C2H6/c1-6-11-9(5-13-6)10-7-3-12(2)4-8(7)10;1-2/h5,7-8,10H,3-4H2,1-2H3;1-2H3. The second-order valence-corrected chi connectivity index (χ2v) is 4.37. The fourth-order valence-electron chi connectivity index (χ4n) is 2.71. The molecule has 0 bridgehead atoms. The van der Waals surface area contributed by atoms with Crippen LogP contribution in [0.25, 0.3) is 0 Å². The fourth-order valence-corrected chi connectivity index (χ4v) is 2.71. The van der Waals surface area contributed by atoms with Gasteiger partial charge in [0.1, 0.15) is 6.26 Å². The summed E-state index contributed by atoms with van der Waals surface area (Å²) in [7, 11) is 2.19. The van der Waals surface area contributed by atoms with Crippen molar-refractivity contribution in [2.24, 2.45) is 11.8 Å². The minimum atomic E-state index is 0.702. The van der Waals surface area contributed by atoms with E-state index < -0.39 is 0 Å². The fraction of sp³-hybridized carbons (Fsp3) is 0.750. The van der Waals surface area contributed by atoms with Gasteiger partial charge in [0, 0.05) is 25.9 Å². The first-order valence-electron chi connectivity index (χ1n) is 5.86. The molecule has 0 N–H and O–H groups in total. The van der Waals surface area contributed by atoms with Crippen molar-refractivity contribution in [1.82, 2.24) is 9.88 Å². The molecule has 1 saturated carbocycles. The summed E-state index contributed by atoms with van der Waals surface area (Å²) in [5, 5.41) is 0. The van der Waals surface area contributed by atoms with Gasteiger partial charge >= 0.3 is 0 Å². The monoisotopic (exact) mass is 208 g/mol. The highest BCUT2D eigenvalue weighted by Gasteiger charge is 2.56. The number of rotatable bonds is 1. The molecule has 3 heteroatoms. The topological polar surface area (TPSA) is 29.3 Å². The first-order chi connectivity index (χ1) is 7.25. The van der Waals surface area contributed by atoms with Crippen LogP contribution in [-0.4, -0.2) is 30.0 Å². The zero-order valence-corrected chi connectivity index (χ0v) is 10.0. The van der Waals surface area contributed by atoms with Gasteiger partial charge in [-0.25, -0.2) is 4.98 Å². The Kier molecular flexibility index (Phi) is 2.83. The molecular weight excluding hydrogens is 188 g/mol. The van der Waals surface area contributed by atoms with E-state index in [0.29, 0.717) is 5.92 Å². The van der Waals surface area contributed by atoms with Crippen molar-refractivity contribution in [3.05, 3.63) is 17.8 Å². The average molecular weight is 208 g/mol. The molecule has 1 aromatic rings. The van der Waals surface area contributed by atoms with E-state index in [0.717, 1.165) is 17.7 Å². The summed E-state index contributed by atoms with van der Waals surface area (Å²) < 4.78 is 5.23. The van der Waals surface area contributed by atoms with Crippen molar-refractivity contribution in [2.75, 3.05) is 20.1 Å². The summed E-state index contributed by atoms with van der Waals surface area (Å²) in [5.74, 6) is 3.21. The summed E-state index contributed by atoms with van der Waals surface area (Å²) in [6, 6.07) is 0. The number of aryl methyl sites for hydroxylation is 1. The molecular formula is C12H20N2O. The maximum atomic E-state index is 5.23. The lowest BCUT2D eigenvalue weighted by atomic mass is 10.2. The molecule has 3 rings (SSSR count). The average Bonchev–Trinajstić information content (AvgIpc) is 2.63. The highest BCUT2D eigenvalue weighted by atomic mass is 16.3. The van der Waals surface area contributed by atoms with Crippen LogP contribution in [0.4, 0.5) is 0 Å². The third-order valence-electron chi connectivity index (χ3n) is 3.35. The van der Waals surface area contributed by atoms with E-state index in [2.05, 4.69) is 16.9 Å². The van der Waals surface area contributed by atoms with Crippen molar-refractivity contribution >= 4 is 0 Å². The molecule has 2 heterocycles. The van der Waals surface area contributed by atoms with Crippen molar-refractivity contribution in [3.8, 4) is 0 Å². The summed E-state index contributed by atoms with van der Waals surface area (Å²) in [6.07, 6.45) is 1.83. The van der Waals surface area contributed by atoms with Crippen molar-refractivity contribution < 1.29 is 4.42 Å². The van der Waals surface area contributed by atoms with Crippen LogP contribution in [0.15, 0.2) is 10.7 Å². The van der Waals surface area contributed by atoms with Crippen LogP contribution < -0.4 is 0 Å². The maximum Gasteiger partial charge on any atom is 0.191 e. The third kappa shape index (κ3) is 1.81. The minimum Gasteiger partial charge on any atom is -0.449 e. The van der Waals surface area contributed by atoms with Crippen LogP contribution in [0.5, 0.6) is 0 Å². The van der Waals surface area contributed by atoms with E-state index in [4.69, 9.17) is 4.42 Å². The van der Waals surface area contributed by atoms with Gasteiger partial charge in [0.15, 0.2) is 5.89 Å². The van der Waals surface area contributed by atoms with Crippen molar-refractivity contribution in [3.63, 3.8) is 0 Å². The molecule has 0 amide bonds. The number of nitrogens with zero attached hydrogens (tertiary/aromatic N) is 2. The van der Waals surface area contributed by atoms with Crippen LogP contribution in [0.2, 0.25) is 0 Å². The Morgan fingerprint density at radius 1 is 1.33 bits per heavy atom. The second-order valence-electron chi connectivity index (χ2n) is 4.37. The Hall–Kier alpha value is -0.830. The number of likely N-dealkylation sites (tertiary alicyclic amines) is 1. The highest BCUT2D eigenvalue weighted by molar-refractivity contribution is 5.22. The Morgan fingerprint density at radius 2 is 1.93 bits per heavy atom. The molecule has 2 unspecified atom stereocenters. The molecule has 1 aliphatic carbocycles. The first kappa shape index (κ1) is 10.7. The van der Waals surface area contributed by atoms with E-state index in [9.17, 15) is 0 Å². The molecule has 15 heavy (non-hydrogen) atoms. The van der Waals surface area contributed by atoms with E-state index in [1.54, 1.807) is 0 Å². The molecule has 2 aliphatic rings.